The van der Waals surface area contributed by atoms with E-state index in [9.17, 15) is 9.59 Å². The number of aliphatic carboxylic acids is 1. The number of hydrogen-bond donors (Lipinski definition) is 3. The second-order valence-corrected chi connectivity index (χ2v) is 8.11. The lowest BCUT2D eigenvalue weighted by Gasteiger charge is -2.13. The number of rotatable bonds is 7. The molecule has 29 heavy (non-hydrogen) atoms. The number of carboxylic acid groups (broad SMARTS) is 1. The van der Waals surface area contributed by atoms with Gasteiger partial charge in [-0.2, -0.15) is 0 Å². The van der Waals surface area contributed by atoms with E-state index in [2.05, 4.69) is 34.4 Å². The van der Waals surface area contributed by atoms with Gasteiger partial charge >= 0.3 is 5.97 Å². The number of thiophene rings is 1. The number of aromatic nitrogens is 2. The van der Waals surface area contributed by atoms with Crippen molar-refractivity contribution in [1.29, 1.82) is 0 Å². The van der Waals surface area contributed by atoms with Crippen LogP contribution in [0.4, 0.5) is 5.82 Å². The number of anilines is 1. The Labute approximate surface area is 173 Å². The number of benzene rings is 1. The Bertz CT molecular complexity index is 1060. The van der Waals surface area contributed by atoms with E-state index in [0.717, 1.165) is 27.4 Å². The van der Waals surface area contributed by atoms with Gasteiger partial charge in [0.05, 0.1) is 5.39 Å². The van der Waals surface area contributed by atoms with Gasteiger partial charge in [0.25, 0.3) is 5.91 Å². The third-order valence-electron chi connectivity index (χ3n) is 4.83. The number of fused-ring (bicyclic) bond motifs is 1. The summed E-state index contributed by atoms with van der Waals surface area (Å²) in [4.78, 5) is 34.6. The Hall–Kier alpha value is -3.00. The first-order chi connectivity index (χ1) is 13.8. The Balaban J connectivity index is 1.72. The van der Waals surface area contributed by atoms with Gasteiger partial charge in [-0.15, -0.1) is 11.3 Å². The molecule has 3 aromatic rings. The monoisotopic (exact) mass is 412 g/mol. The molecular formula is C21H24N4O3S. The van der Waals surface area contributed by atoms with E-state index in [-0.39, 0.29) is 0 Å². The molecule has 0 spiro atoms. The van der Waals surface area contributed by atoms with Crippen molar-refractivity contribution in [2.75, 3.05) is 5.32 Å². The van der Waals surface area contributed by atoms with Crippen molar-refractivity contribution in [2.45, 2.75) is 46.7 Å². The molecule has 0 aliphatic carbocycles. The number of carbonyl (C=O) groups excluding carboxylic acids is 1. The molecule has 0 aliphatic heterocycles. The van der Waals surface area contributed by atoms with Gasteiger partial charge in [-0.3, -0.25) is 4.79 Å². The molecule has 0 saturated heterocycles. The highest BCUT2D eigenvalue weighted by Crippen LogP contribution is 2.33. The molecule has 0 bridgehead atoms. The largest absolute Gasteiger partial charge is 0.480 e. The molecule has 0 aliphatic rings. The number of nitrogens with zero attached hydrogens (tertiary/aromatic N) is 2. The zero-order valence-electron chi connectivity index (χ0n) is 16.9. The van der Waals surface area contributed by atoms with Gasteiger partial charge in [0.15, 0.2) is 0 Å². The number of nitrogens with one attached hydrogen (secondary N) is 2. The van der Waals surface area contributed by atoms with Crippen LogP contribution in [0.25, 0.3) is 10.2 Å². The van der Waals surface area contributed by atoms with Crippen molar-refractivity contribution in [3.8, 4) is 0 Å². The van der Waals surface area contributed by atoms with Crippen LogP contribution in [-0.2, 0) is 11.3 Å². The second-order valence-electron chi connectivity index (χ2n) is 6.91. The summed E-state index contributed by atoms with van der Waals surface area (Å²) in [7, 11) is 0. The highest BCUT2D eigenvalue weighted by atomic mass is 32.1. The van der Waals surface area contributed by atoms with Gasteiger partial charge < -0.3 is 15.7 Å². The standard InChI is InChI=1S/C21H24N4O3S/c1-5-16(21(27)28)25-19(26)15-8-6-14(7-9-15)10-22-18-17-11(2)12(3)29-20(17)24-13(4)23-18/h6-9,16H,5,10H2,1-4H3,(H,25,26)(H,27,28)(H,22,23,24). The van der Waals surface area contributed by atoms with Crippen LogP contribution in [0.1, 0.15) is 45.5 Å². The lowest BCUT2D eigenvalue weighted by molar-refractivity contribution is -0.139. The topological polar surface area (TPSA) is 104 Å². The third-order valence-corrected chi connectivity index (χ3v) is 5.93. The Morgan fingerprint density at radius 1 is 1.14 bits per heavy atom. The Morgan fingerprint density at radius 3 is 2.45 bits per heavy atom. The highest BCUT2D eigenvalue weighted by Gasteiger charge is 2.18. The first-order valence-corrected chi connectivity index (χ1v) is 10.2. The molecule has 3 N–H and O–H groups in total. The number of aryl methyl sites for hydroxylation is 3. The van der Waals surface area contributed by atoms with E-state index < -0.39 is 17.9 Å². The average molecular weight is 413 g/mol. The van der Waals surface area contributed by atoms with Crippen LogP contribution in [0.2, 0.25) is 0 Å². The molecule has 2 heterocycles. The summed E-state index contributed by atoms with van der Waals surface area (Å²) in [5.41, 5.74) is 2.60. The summed E-state index contributed by atoms with van der Waals surface area (Å²) in [5, 5.41) is 16.0. The van der Waals surface area contributed by atoms with Gasteiger partial charge in [-0.25, -0.2) is 14.8 Å². The van der Waals surface area contributed by atoms with Crippen molar-refractivity contribution in [3.05, 3.63) is 51.7 Å². The predicted octanol–water partition coefficient (Wildman–Crippen LogP) is 3.82. The lowest BCUT2D eigenvalue weighted by atomic mass is 10.1. The first-order valence-electron chi connectivity index (χ1n) is 9.41. The SMILES string of the molecule is CCC(NC(=O)c1ccc(CNc2nc(C)nc3sc(C)c(C)c23)cc1)C(=O)O. The van der Waals surface area contributed by atoms with E-state index in [1.54, 1.807) is 30.4 Å². The van der Waals surface area contributed by atoms with Gasteiger partial charge in [0.1, 0.15) is 22.5 Å². The lowest BCUT2D eigenvalue weighted by Crippen LogP contribution is -2.40. The fraction of sp³-hybridized carbons (Fsp3) is 0.333. The average Bonchev–Trinajstić information content (AvgIpc) is 2.97. The van der Waals surface area contributed by atoms with Crippen LogP contribution in [0.15, 0.2) is 24.3 Å². The predicted molar refractivity (Wildman–Crippen MR) is 115 cm³/mol. The molecule has 1 aromatic carbocycles. The second kappa shape index (κ2) is 8.57. The summed E-state index contributed by atoms with van der Waals surface area (Å²) < 4.78 is 0. The number of carboxylic acids is 1. The summed E-state index contributed by atoms with van der Waals surface area (Å²) in [6.07, 6.45) is 0.331. The normalized spacial score (nSPS) is 12.0. The van der Waals surface area contributed by atoms with Crippen LogP contribution >= 0.6 is 11.3 Å². The fourth-order valence-electron chi connectivity index (χ4n) is 3.02. The molecular weight excluding hydrogens is 388 g/mol. The van der Waals surface area contributed by atoms with E-state index in [4.69, 9.17) is 5.11 Å². The molecule has 7 nitrogen and oxygen atoms in total. The van der Waals surface area contributed by atoms with Crippen molar-refractivity contribution in [2.24, 2.45) is 0 Å². The van der Waals surface area contributed by atoms with Crippen LogP contribution in [-0.4, -0.2) is 33.0 Å². The molecule has 8 heteroatoms. The maximum atomic E-state index is 12.2. The molecule has 1 atom stereocenters. The number of amides is 1. The third kappa shape index (κ3) is 4.54. The van der Waals surface area contributed by atoms with Crippen molar-refractivity contribution in [3.63, 3.8) is 0 Å². The summed E-state index contributed by atoms with van der Waals surface area (Å²) >= 11 is 1.67. The van der Waals surface area contributed by atoms with E-state index in [1.807, 2.05) is 19.1 Å². The summed E-state index contributed by atoms with van der Waals surface area (Å²) in [5.74, 6) is 0.101. The fourth-order valence-corrected chi connectivity index (χ4v) is 4.10. The van der Waals surface area contributed by atoms with Gasteiger partial charge in [-0.1, -0.05) is 19.1 Å². The molecule has 1 amide bonds. The van der Waals surface area contributed by atoms with E-state index >= 15 is 0 Å². The minimum Gasteiger partial charge on any atom is -0.480 e. The quantitative estimate of drug-likeness (QED) is 0.545. The van der Waals surface area contributed by atoms with E-state index in [0.29, 0.717) is 18.5 Å². The maximum Gasteiger partial charge on any atom is 0.326 e. The zero-order valence-corrected chi connectivity index (χ0v) is 17.7. The number of carbonyl (C=O) groups is 2. The minimum atomic E-state index is -1.04. The van der Waals surface area contributed by atoms with Crippen LogP contribution in [0, 0.1) is 20.8 Å². The van der Waals surface area contributed by atoms with Crippen molar-refractivity contribution < 1.29 is 14.7 Å². The number of hydrogen-bond acceptors (Lipinski definition) is 6. The molecule has 0 radical (unpaired) electrons. The van der Waals surface area contributed by atoms with Crippen LogP contribution in [0.3, 0.4) is 0 Å². The van der Waals surface area contributed by atoms with Gasteiger partial charge in [0, 0.05) is 17.0 Å². The summed E-state index contributed by atoms with van der Waals surface area (Å²) in [6.45, 7) is 8.30. The molecule has 1 unspecified atom stereocenters. The Kier molecular flexibility index (Phi) is 6.12. The van der Waals surface area contributed by atoms with Crippen molar-refractivity contribution >= 4 is 39.2 Å². The van der Waals surface area contributed by atoms with E-state index in [1.165, 1.54) is 10.4 Å². The molecule has 3 rings (SSSR count). The van der Waals surface area contributed by atoms with Crippen molar-refractivity contribution in [1.82, 2.24) is 15.3 Å². The van der Waals surface area contributed by atoms with Crippen LogP contribution in [0.5, 0.6) is 0 Å². The smallest absolute Gasteiger partial charge is 0.326 e. The maximum absolute atomic E-state index is 12.2. The van der Waals surface area contributed by atoms with Gasteiger partial charge in [-0.05, 0) is 50.5 Å². The van der Waals surface area contributed by atoms with Crippen LogP contribution < -0.4 is 10.6 Å². The highest BCUT2D eigenvalue weighted by molar-refractivity contribution is 7.18. The first kappa shape index (κ1) is 20.7. The molecule has 0 saturated carbocycles. The molecule has 152 valence electrons. The Morgan fingerprint density at radius 2 is 1.83 bits per heavy atom. The summed E-state index contributed by atoms with van der Waals surface area (Å²) in [6, 6.07) is 6.20. The molecule has 2 aromatic heterocycles. The minimum absolute atomic E-state index is 0.331. The molecule has 0 fully saturated rings. The zero-order chi connectivity index (χ0) is 21.1. The van der Waals surface area contributed by atoms with Gasteiger partial charge in [0.2, 0.25) is 0 Å².